The SMILES string of the molecule is COc1ccc(C(=O)C(C)S(C)(=O)=O)cc1C. The number of Topliss-reactive ketones (excluding diaryl/α,β-unsaturated/α-hetero) is 1. The monoisotopic (exact) mass is 256 g/mol. The van der Waals surface area contributed by atoms with E-state index in [2.05, 4.69) is 0 Å². The fraction of sp³-hybridized carbons (Fsp3) is 0.417. The van der Waals surface area contributed by atoms with E-state index in [1.54, 1.807) is 32.2 Å². The highest BCUT2D eigenvalue weighted by Crippen LogP contribution is 2.20. The zero-order valence-corrected chi connectivity index (χ0v) is 11.2. The van der Waals surface area contributed by atoms with Crippen molar-refractivity contribution in [1.82, 2.24) is 0 Å². The lowest BCUT2D eigenvalue weighted by Gasteiger charge is -2.10. The summed E-state index contributed by atoms with van der Waals surface area (Å²) in [4.78, 5) is 11.9. The van der Waals surface area contributed by atoms with Gasteiger partial charge in [-0.25, -0.2) is 8.42 Å². The zero-order chi connectivity index (χ0) is 13.2. The number of ketones is 1. The third-order valence-electron chi connectivity index (χ3n) is 2.69. The number of carbonyl (C=O) groups excluding carboxylic acids is 1. The molecule has 4 nitrogen and oxygen atoms in total. The minimum absolute atomic E-state index is 0.390. The van der Waals surface area contributed by atoms with Crippen LogP contribution < -0.4 is 4.74 Å². The first-order valence-corrected chi connectivity index (χ1v) is 7.10. The molecule has 0 radical (unpaired) electrons. The molecule has 0 aliphatic heterocycles. The molecular formula is C12H16O4S. The Kier molecular flexibility index (Phi) is 3.93. The van der Waals surface area contributed by atoms with Crippen molar-refractivity contribution in [2.75, 3.05) is 13.4 Å². The normalized spacial score (nSPS) is 13.2. The number of hydrogen-bond donors (Lipinski definition) is 0. The van der Waals surface area contributed by atoms with Gasteiger partial charge < -0.3 is 4.74 Å². The predicted molar refractivity (Wildman–Crippen MR) is 66.4 cm³/mol. The summed E-state index contributed by atoms with van der Waals surface area (Å²) in [5, 5.41) is -1.02. The number of hydrogen-bond acceptors (Lipinski definition) is 4. The van der Waals surface area contributed by atoms with E-state index < -0.39 is 20.9 Å². The van der Waals surface area contributed by atoms with Crippen molar-refractivity contribution in [1.29, 1.82) is 0 Å². The van der Waals surface area contributed by atoms with Crippen LogP contribution in [0.2, 0.25) is 0 Å². The molecule has 0 fully saturated rings. The molecular weight excluding hydrogens is 240 g/mol. The first-order valence-electron chi connectivity index (χ1n) is 5.15. The molecule has 0 saturated heterocycles. The molecule has 1 aromatic rings. The van der Waals surface area contributed by atoms with Gasteiger partial charge in [0.2, 0.25) is 0 Å². The van der Waals surface area contributed by atoms with Gasteiger partial charge in [-0.05, 0) is 37.6 Å². The van der Waals surface area contributed by atoms with E-state index in [0.29, 0.717) is 11.3 Å². The fourth-order valence-electron chi connectivity index (χ4n) is 1.46. The molecule has 1 rings (SSSR count). The van der Waals surface area contributed by atoms with E-state index in [1.807, 2.05) is 0 Å². The van der Waals surface area contributed by atoms with Crippen molar-refractivity contribution in [2.24, 2.45) is 0 Å². The Morgan fingerprint density at radius 3 is 2.35 bits per heavy atom. The molecule has 0 aliphatic rings. The quantitative estimate of drug-likeness (QED) is 0.768. The van der Waals surface area contributed by atoms with Gasteiger partial charge in [-0.1, -0.05) is 0 Å². The van der Waals surface area contributed by atoms with Gasteiger partial charge in [-0.15, -0.1) is 0 Å². The smallest absolute Gasteiger partial charge is 0.180 e. The first kappa shape index (κ1) is 13.7. The summed E-state index contributed by atoms with van der Waals surface area (Å²) >= 11 is 0. The summed E-state index contributed by atoms with van der Waals surface area (Å²) in [7, 11) is -1.81. The second kappa shape index (κ2) is 4.87. The van der Waals surface area contributed by atoms with Crippen molar-refractivity contribution >= 4 is 15.6 Å². The standard InChI is InChI=1S/C12H16O4S/c1-8-7-10(5-6-11(8)16-3)12(13)9(2)17(4,14)15/h5-7,9H,1-4H3. The number of carbonyl (C=O) groups is 1. The lowest BCUT2D eigenvalue weighted by atomic mass is 10.1. The van der Waals surface area contributed by atoms with E-state index in [1.165, 1.54) is 6.92 Å². The van der Waals surface area contributed by atoms with Crippen LogP contribution in [-0.4, -0.2) is 32.8 Å². The van der Waals surface area contributed by atoms with Crippen LogP contribution in [0.4, 0.5) is 0 Å². The van der Waals surface area contributed by atoms with Crippen LogP contribution in [0.3, 0.4) is 0 Å². The average Bonchev–Trinajstić information content (AvgIpc) is 2.25. The lowest BCUT2D eigenvalue weighted by molar-refractivity contribution is 0.0991. The van der Waals surface area contributed by atoms with Crippen molar-refractivity contribution in [3.05, 3.63) is 29.3 Å². The maximum Gasteiger partial charge on any atom is 0.180 e. The average molecular weight is 256 g/mol. The van der Waals surface area contributed by atoms with E-state index in [9.17, 15) is 13.2 Å². The van der Waals surface area contributed by atoms with Crippen molar-refractivity contribution < 1.29 is 17.9 Å². The maximum absolute atomic E-state index is 11.9. The van der Waals surface area contributed by atoms with Crippen LogP contribution in [-0.2, 0) is 9.84 Å². The molecule has 1 atom stereocenters. The minimum Gasteiger partial charge on any atom is -0.496 e. The fourth-order valence-corrected chi connectivity index (χ4v) is 1.99. The highest BCUT2D eigenvalue weighted by atomic mass is 32.2. The van der Waals surface area contributed by atoms with Gasteiger partial charge in [-0.3, -0.25) is 4.79 Å². The molecule has 5 heteroatoms. The van der Waals surface area contributed by atoms with E-state index in [-0.39, 0.29) is 0 Å². The number of aryl methyl sites for hydroxylation is 1. The summed E-state index contributed by atoms with van der Waals surface area (Å²) < 4.78 is 27.7. The van der Waals surface area contributed by atoms with Crippen LogP contribution in [0, 0.1) is 6.92 Å². The maximum atomic E-state index is 11.9. The number of ether oxygens (including phenoxy) is 1. The summed E-state index contributed by atoms with van der Waals surface area (Å²) in [5.41, 5.74) is 1.19. The summed E-state index contributed by atoms with van der Waals surface area (Å²) in [6.07, 6.45) is 1.06. The molecule has 0 saturated carbocycles. The van der Waals surface area contributed by atoms with Crippen LogP contribution in [0.15, 0.2) is 18.2 Å². The molecule has 1 aromatic carbocycles. The van der Waals surface area contributed by atoms with Gasteiger partial charge in [0, 0.05) is 11.8 Å². The second-order valence-electron chi connectivity index (χ2n) is 4.02. The zero-order valence-electron chi connectivity index (χ0n) is 10.4. The highest BCUT2D eigenvalue weighted by Gasteiger charge is 2.24. The number of benzene rings is 1. The van der Waals surface area contributed by atoms with E-state index in [4.69, 9.17) is 4.74 Å². The Morgan fingerprint density at radius 2 is 1.94 bits per heavy atom. The van der Waals surface area contributed by atoms with Gasteiger partial charge in [0.15, 0.2) is 15.6 Å². The van der Waals surface area contributed by atoms with Gasteiger partial charge in [0.05, 0.1) is 7.11 Å². The Balaban J connectivity index is 3.10. The summed E-state index contributed by atoms with van der Waals surface area (Å²) in [5.74, 6) is 0.284. The number of methoxy groups -OCH3 is 1. The molecule has 17 heavy (non-hydrogen) atoms. The molecule has 0 spiro atoms. The molecule has 0 heterocycles. The van der Waals surface area contributed by atoms with Crippen LogP contribution in [0.25, 0.3) is 0 Å². The van der Waals surface area contributed by atoms with Gasteiger partial charge in [0.25, 0.3) is 0 Å². The summed E-state index contributed by atoms with van der Waals surface area (Å²) in [6.45, 7) is 3.21. The third-order valence-corrected chi connectivity index (χ3v) is 4.19. The predicted octanol–water partition coefficient (Wildman–Crippen LogP) is 1.62. The molecule has 1 unspecified atom stereocenters. The van der Waals surface area contributed by atoms with Crippen LogP contribution in [0.1, 0.15) is 22.8 Å². The molecule has 94 valence electrons. The van der Waals surface area contributed by atoms with Gasteiger partial charge in [0.1, 0.15) is 11.0 Å². The lowest BCUT2D eigenvalue weighted by Crippen LogP contribution is -2.26. The van der Waals surface area contributed by atoms with Crippen molar-refractivity contribution in [2.45, 2.75) is 19.1 Å². The topological polar surface area (TPSA) is 60.4 Å². The molecule has 0 amide bonds. The van der Waals surface area contributed by atoms with E-state index >= 15 is 0 Å². The molecule has 0 bridgehead atoms. The van der Waals surface area contributed by atoms with Gasteiger partial charge in [-0.2, -0.15) is 0 Å². The van der Waals surface area contributed by atoms with Crippen LogP contribution in [0.5, 0.6) is 5.75 Å². The third kappa shape index (κ3) is 3.06. The molecule has 0 aliphatic carbocycles. The molecule has 0 N–H and O–H groups in total. The Bertz CT molecular complexity index is 531. The Morgan fingerprint density at radius 1 is 1.35 bits per heavy atom. The largest absolute Gasteiger partial charge is 0.496 e. The second-order valence-corrected chi connectivity index (χ2v) is 6.39. The van der Waals surface area contributed by atoms with E-state index in [0.717, 1.165) is 11.8 Å². The van der Waals surface area contributed by atoms with Crippen LogP contribution >= 0.6 is 0 Å². The van der Waals surface area contributed by atoms with Crippen molar-refractivity contribution in [3.8, 4) is 5.75 Å². The van der Waals surface area contributed by atoms with Gasteiger partial charge >= 0.3 is 0 Å². The minimum atomic E-state index is -3.36. The highest BCUT2D eigenvalue weighted by molar-refractivity contribution is 7.92. The Labute approximate surface area is 102 Å². The number of sulfone groups is 1. The molecule has 0 aromatic heterocycles. The number of rotatable bonds is 4. The summed E-state index contributed by atoms with van der Waals surface area (Å²) in [6, 6.07) is 4.89. The van der Waals surface area contributed by atoms with Crippen molar-refractivity contribution in [3.63, 3.8) is 0 Å². The Hall–Kier alpha value is -1.36. The first-order chi connectivity index (χ1) is 7.77.